The fourth-order valence-corrected chi connectivity index (χ4v) is 3.22. The van der Waals surface area contributed by atoms with Crippen LogP contribution in [0.1, 0.15) is 53.2 Å². The van der Waals surface area contributed by atoms with Crippen LogP contribution in [-0.2, 0) is 13.0 Å². The van der Waals surface area contributed by atoms with Gasteiger partial charge in [0.25, 0.3) is 0 Å². The lowest BCUT2D eigenvalue weighted by Crippen LogP contribution is -2.29. The molecule has 3 nitrogen and oxygen atoms in total. The van der Waals surface area contributed by atoms with Gasteiger partial charge in [0, 0.05) is 24.3 Å². The number of primary amides is 1. The molecule has 0 aromatic heterocycles. The molecule has 0 saturated carbocycles. The molecule has 0 atom stereocenters. The van der Waals surface area contributed by atoms with Crippen LogP contribution in [0.3, 0.4) is 0 Å². The summed E-state index contributed by atoms with van der Waals surface area (Å²) in [6.07, 6.45) is 2.12. The van der Waals surface area contributed by atoms with Crippen LogP contribution in [0.5, 0.6) is 0 Å². The summed E-state index contributed by atoms with van der Waals surface area (Å²) in [7, 11) is 0. The minimum Gasteiger partial charge on any atom is -0.367 e. The topological polar surface area (TPSA) is 46.3 Å². The van der Waals surface area contributed by atoms with Gasteiger partial charge in [0.2, 0.25) is 5.91 Å². The standard InChI is InChI=1S/C20H24N2O/c1-14(2)16-7-5-15(6-8-16)13-22-11-3-4-17-12-18(20(21)23)9-10-19(17)22/h5-10,12,14H,3-4,11,13H2,1-2H3,(H2,21,23). The normalized spacial score (nSPS) is 14.0. The first-order valence-electron chi connectivity index (χ1n) is 8.31. The number of amides is 1. The molecule has 0 radical (unpaired) electrons. The van der Waals surface area contributed by atoms with Crippen LogP contribution in [-0.4, -0.2) is 12.5 Å². The summed E-state index contributed by atoms with van der Waals surface area (Å²) in [6.45, 7) is 6.38. The van der Waals surface area contributed by atoms with Gasteiger partial charge < -0.3 is 10.6 Å². The Hall–Kier alpha value is -2.29. The highest BCUT2D eigenvalue weighted by Gasteiger charge is 2.18. The number of hydrogen-bond donors (Lipinski definition) is 1. The first-order chi connectivity index (χ1) is 11.0. The second kappa shape index (κ2) is 6.45. The van der Waals surface area contributed by atoms with Gasteiger partial charge in [-0.05, 0) is 53.6 Å². The second-order valence-electron chi connectivity index (χ2n) is 6.63. The molecule has 0 bridgehead atoms. The van der Waals surface area contributed by atoms with Crippen LogP contribution in [0.2, 0.25) is 0 Å². The summed E-state index contributed by atoms with van der Waals surface area (Å²) in [5.41, 5.74) is 11.1. The van der Waals surface area contributed by atoms with Crippen molar-refractivity contribution >= 4 is 11.6 Å². The zero-order valence-electron chi connectivity index (χ0n) is 13.9. The quantitative estimate of drug-likeness (QED) is 0.932. The Morgan fingerprint density at radius 3 is 2.57 bits per heavy atom. The van der Waals surface area contributed by atoms with Gasteiger partial charge in [-0.1, -0.05) is 38.1 Å². The van der Waals surface area contributed by atoms with Gasteiger partial charge in [-0.3, -0.25) is 4.79 Å². The number of nitrogens with zero attached hydrogens (tertiary/aromatic N) is 1. The highest BCUT2D eigenvalue weighted by molar-refractivity contribution is 5.93. The molecule has 1 heterocycles. The molecule has 0 spiro atoms. The molecule has 2 N–H and O–H groups in total. The van der Waals surface area contributed by atoms with E-state index in [1.807, 2.05) is 18.2 Å². The number of anilines is 1. The Morgan fingerprint density at radius 1 is 1.17 bits per heavy atom. The predicted molar refractivity (Wildman–Crippen MR) is 94.9 cm³/mol. The lowest BCUT2D eigenvalue weighted by molar-refractivity contribution is 0.1000. The van der Waals surface area contributed by atoms with E-state index in [4.69, 9.17) is 5.73 Å². The lowest BCUT2D eigenvalue weighted by Gasteiger charge is -2.31. The third-order valence-corrected chi connectivity index (χ3v) is 4.60. The van der Waals surface area contributed by atoms with Gasteiger partial charge in [0.05, 0.1) is 0 Å². The van der Waals surface area contributed by atoms with Gasteiger partial charge >= 0.3 is 0 Å². The number of benzene rings is 2. The van der Waals surface area contributed by atoms with E-state index in [0.717, 1.165) is 25.9 Å². The van der Waals surface area contributed by atoms with E-state index in [2.05, 4.69) is 43.0 Å². The highest BCUT2D eigenvalue weighted by atomic mass is 16.1. The zero-order chi connectivity index (χ0) is 16.4. The summed E-state index contributed by atoms with van der Waals surface area (Å²) >= 11 is 0. The molecule has 3 rings (SSSR count). The smallest absolute Gasteiger partial charge is 0.248 e. The predicted octanol–water partition coefficient (Wildman–Crippen LogP) is 3.86. The minimum atomic E-state index is -0.353. The zero-order valence-corrected chi connectivity index (χ0v) is 13.9. The Bertz CT molecular complexity index is 704. The largest absolute Gasteiger partial charge is 0.367 e. The fourth-order valence-electron chi connectivity index (χ4n) is 3.22. The SMILES string of the molecule is CC(C)c1ccc(CN2CCCc3cc(C(N)=O)ccc32)cc1. The van der Waals surface area contributed by atoms with Crippen molar-refractivity contribution in [3.8, 4) is 0 Å². The summed E-state index contributed by atoms with van der Waals surface area (Å²) in [6, 6.07) is 14.7. The molecule has 2 aromatic rings. The van der Waals surface area contributed by atoms with E-state index >= 15 is 0 Å². The Kier molecular flexibility index (Phi) is 4.37. The van der Waals surface area contributed by atoms with Gasteiger partial charge in [0.15, 0.2) is 0 Å². The number of nitrogens with two attached hydrogens (primary N) is 1. The van der Waals surface area contributed by atoms with Crippen molar-refractivity contribution in [3.63, 3.8) is 0 Å². The number of rotatable bonds is 4. The fraction of sp³-hybridized carbons (Fsp3) is 0.350. The van der Waals surface area contributed by atoms with Gasteiger partial charge in [-0.15, -0.1) is 0 Å². The van der Waals surface area contributed by atoms with E-state index < -0.39 is 0 Å². The van der Waals surface area contributed by atoms with Crippen molar-refractivity contribution in [2.75, 3.05) is 11.4 Å². The molecule has 1 aliphatic rings. The molecule has 0 fully saturated rings. The average molecular weight is 308 g/mol. The molecule has 0 saturated heterocycles. The molecule has 0 aliphatic carbocycles. The highest BCUT2D eigenvalue weighted by Crippen LogP contribution is 2.29. The third-order valence-electron chi connectivity index (χ3n) is 4.60. The number of aryl methyl sites for hydroxylation is 1. The molecule has 1 aliphatic heterocycles. The Morgan fingerprint density at radius 2 is 1.91 bits per heavy atom. The molecular formula is C20H24N2O. The minimum absolute atomic E-state index is 0.353. The number of carbonyl (C=O) groups is 1. The molecule has 0 unspecified atom stereocenters. The van der Waals surface area contributed by atoms with Crippen molar-refractivity contribution in [1.29, 1.82) is 0 Å². The monoisotopic (exact) mass is 308 g/mol. The third kappa shape index (κ3) is 3.39. The van der Waals surface area contributed by atoms with Crippen LogP contribution in [0, 0.1) is 0 Å². The van der Waals surface area contributed by atoms with Crippen molar-refractivity contribution in [1.82, 2.24) is 0 Å². The van der Waals surface area contributed by atoms with Crippen molar-refractivity contribution in [2.24, 2.45) is 5.73 Å². The van der Waals surface area contributed by atoms with Crippen LogP contribution in [0.15, 0.2) is 42.5 Å². The second-order valence-corrected chi connectivity index (χ2v) is 6.63. The van der Waals surface area contributed by atoms with E-state index in [1.54, 1.807) is 0 Å². The van der Waals surface area contributed by atoms with E-state index in [-0.39, 0.29) is 5.91 Å². The molecule has 3 heteroatoms. The van der Waals surface area contributed by atoms with Crippen molar-refractivity contribution < 1.29 is 4.79 Å². The van der Waals surface area contributed by atoms with Crippen LogP contribution < -0.4 is 10.6 Å². The van der Waals surface area contributed by atoms with Crippen LogP contribution in [0.4, 0.5) is 5.69 Å². The molecule has 120 valence electrons. The first-order valence-corrected chi connectivity index (χ1v) is 8.31. The average Bonchev–Trinajstić information content (AvgIpc) is 2.55. The summed E-state index contributed by atoms with van der Waals surface area (Å²) < 4.78 is 0. The maximum absolute atomic E-state index is 11.4. The van der Waals surface area contributed by atoms with Crippen molar-refractivity contribution in [2.45, 2.75) is 39.2 Å². The van der Waals surface area contributed by atoms with Gasteiger partial charge in [-0.25, -0.2) is 0 Å². The van der Waals surface area contributed by atoms with Crippen molar-refractivity contribution in [3.05, 3.63) is 64.7 Å². The maximum Gasteiger partial charge on any atom is 0.248 e. The first kappa shape index (κ1) is 15.6. The maximum atomic E-state index is 11.4. The number of carbonyl (C=O) groups excluding carboxylic acids is 1. The Balaban J connectivity index is 1.81. The van der Waals surface area contributed by atoms with E-state index in [0.29, 0.717) is 11.5 Å². The Labute approximate surface area is 138 Å². The molecule has 1 amide bonds. The van der Waals surface area contributed by atoms with E-state index in [9.17, 15) is 4.79 Å². The lowest BCUT2D eigenvalue weighted by atomic mass is 9.97. The molecule has 2 aromatic carbocycles. The van der Waals surface area contributed by atoms with Gasteiger partial charge in [-0.2, -0.15) is 0 Å². The van der Waals surface area contributed by atoms with Crippen LogP contribution >= 0.6 is 0 Å². The molecular weight excluding hydrogens is 284 g/mol. The summed E-state index contributed by atoms with van der Waals surface area (Å²) in [4.78, 5) is 13.8. The number of hydrogen-bond acceptors (Lipinski definition) is 2. The van der Waals surface area contributed by atoms with Gasteiger partial charge in [0.1, 0.15) is 0 Å². The summed E-state index contributed by atoms with van der Waals surface area (Å²) in [5.74, 6) is 0.209. The van der Waals surface area contributed by atoms with E-state index in [1.165, 1.54) is 22.4 Å². The number of fused-ring (bicyclic) bond motifs is 1. The van der Waals surface area contributed by atoms with Crippen LogP contribution in [0.25, 0.3) is 0 Å². The summed E-state index contributed by atoms with van der Waals surface area (Å²) in [5, 5.41) is 0. The molecule has 23 heavy (non-hydrogen) atoms.